The van der Waals surface area contributed by atoms with Gasteiger partial charge in [-0.05, 0) is 44.4 Å². The zero-order chi connectivity index (χ0) is 17.6. The van der Waals surface area contributed by atoms with Crippen LogP contribution in [0.2, 0.25) is 0 Å². The van der Waals surface area contributed by atoms with Crippen molar-refractivity contribution in [3.8, 4) is 11.5 Å². The molecule has 0 atom stereocenters. The van der Waals surface area contributed by atoms with Gasteiger partial charge in [0.25, 0.3) is 0 Å². The Kier molecular flexibility index (Phi) is 14.3. The standard InChI is InChI=1S/C18H31N3O3.HI/c1-5-23-12-8-7-11-20-18(19-3)21-14-15-9-10-16(22-4)17(13-15)24-6-2;/h9-10,13H,5-8,11-12,14H2,1-4H3,(H2,19,20,21);1H. The van der Waals surface area contributed by atoms with Gasteiger partial charge in [0.1, 0.15) is 0 Å². The maximum absolute atomic E-state index is 5.60. The average Bonchev–Trinajstić information content (AvgIpc) is 2.61. The third-order valence-electron chi connectivity index (χ3n) is 3.42. The lowest BCUT2D eigenvalue weighted by atomic mass is 10.2. The normalized spacial score (nSPS) is 10.8. The summed E-state index contributed by atoms with van der Waals surface area (Å²) >= 11 is 0. The maximum Gasteiger partial charge on any atom is 0.191 e. The lowest BCUT2D eigenvalue weighted by molar-refractivity contribution is 0.143. The Balaban J connectivity index is 0.00000576. The number of benzene rings is 1. The Morgan fingerprint density at radius 1 is 1.08 bits per heavy atom. The quantitative estimate of drug-likeness (QED) is 0.228. The van der Waals surface area contributed by atoms with E-state index in [0.29, 0.717) is 13.2 Å². The number of rotatable bonds is 11. The molecule has 144 valence electrons. The summed E-state index contributed by atoms with van der Waals surface area (Å²) < 4.78 is 16.2. The predicted molar refractivity (Wildman–Crippen MR) is 114 cm³/mol. The molecule has 0 heterocycles. The number of methoxy groups -OCH3 is 1. The van der Waals surface area contributed by atoms with E-state index >= 15 is 0 Å². The fourth-order valence-electron chi connectivity index (χ4n) is 2.19. The van der Waals surface area contributed by atoms with Crippen molar-refractivity contribution in [2.45, 2.75) is 33.2 Å². The molecule has 0 unspecified atom stereocenters. The molecule has 1 aromatic rings. The Morgan fingerprint density at radius 3 is 2.52 bits per heavy atom. The van der Waals surface area contributed by atoms with E-state index in [1.165, 1.54) is 0 Å². The molecule has 0 fully saturated rings. The minimum absolute atomic E-state index is 0. The molecule has 2 N–H and O–H groups in total. The SMILES string of the molecule is CCOCCCCNC(=NC)NCc1ccc(OC)c(OCC)c1.I. The van der Waals surface area contributed by atoms with Crippen LogP contribution in [0, 0.1) is 0 Å². The molecular weight excluding hydrogens is 433 g/mol. The largest absolute Gasteiger partial charge is 0.493 e. The number of ether oxygens (including phenoxy) is 3. The Bertz CT molecular complexity index is 498. The van der Waals surface area contributed by atoms with Crippen LogP contribution < -0.4 is 20.1 Å². The van der Waals surface area contributed by atoms with Crippen LogP contribution in [0.15, 0.2) is 23.2 Å². The molecule has 0 aliphatic heterocycles. The van der Waals surface area contributed by atoms with Gasteiger partial charge in [-0.15, -0.1) is 24.0 Å². The van der Waals surface area contributed by atoms with Gasteiger partial charge < -0.3 is 24.8 Å². The molecule has 0 radical (unpaired) electrons. The molecule has 0 saturated heterocycles. The fourth-order valence-corrected chi connectivity index (χ4v) is 2.19. The molecule has 0 saturated carbocycles. The minimum Gasteiger partial charge on any atom is -0.493 e. The highest BCUT2D eigenvalue weighted by molar-refractivity contribution is 14.0. The number of hydrogen-bond acceptors (Lipinski definition) is 4. The second-order valence-electron chi connectivity index (χ2n) is 5.17. The van der Waals surface area contributed by atoms with Gasteiger partial charge in [0.15, 0.2) is 17.5 Å². The number of guanidine groups is 1. The number of nitrogens with one attached hydrogen (secondary N) is 2. The Labute approximate surface area is 168 Å². The van der Waals surface area contributed by atoms with Crippen molar-refractivity contribution in [3.05, 3.63) is 23.8 Å². The van der Waals surface area contributed by atoms with Crippen molar-refractivity contribution < 1.29 is 14.2 Å². The van der Waals surface area contributed by atoms with E-state index in [9.17, 15) is 0 Å². The highest BCUT2D eigenvalue weighted by atomic mass is 127. The first kappa shape index (κ1) is 23.8. The third kappa shape index (κ3) is 9.74. The van der Waals surface area contributed by atoms with Crippen molar-refractivity contribution in [2.24, 2.45) is 4.99 Å². The zero-order valence-electron chi connectivity index (χ0n) is 15.8. The fraction of sp³-hybridized carbons (Fsp3) is 0.611. The van der Waals surface area contributed by atoms with Crippen LogP contribution in [0.1, 0.15) is 32.3 Å². The molecule has 7 heteroatoms. The van der Waals surface area contributed by atoms with Gasteiger partial charge in [0.05, 0.1) is 13.7 Å². The molecule has 0 aliphatic carbocycles. The first-order valence-corrected chi connectivity index (χ1v) is 8.57. The van der Waals surface area contributed by atoms with Gasteiger partial charge in [-0.2, -0.15) is 0 Å². The van der Waals surface area contributed by atoms with Crippen LogP contribution in [0.25, 0.3) is 0 Å². The molecule has 25 heavy (non-hydrogen) atoms. The molecule has 0 spiro atoms. The van der Waals surface area contributed by atoms with Crippen molar-refractivity contribution in [1.29, 1.82) is 0 Å². The lowest BCUT2D eigenvalue weighted by Gasteiger charge is -2.14. The number of hydrogen-bond donors (Lipinski definition) is 2. The molecule has 0 aliphatic rings. The van der Waals surface area contributed by atoms with Gasteiger partial charge in [-0.3, -0.25) is 4.99 Å². The highest BCUT2D eigenvalue weighted by Gasteiger charge is 2.06. The minimum atomic E-state index is 0. The van der Waals surface area contributed by atoms with Crippen molar-refractivity contribution >= 4 is 29.9 Å². The number of halogens is 1. The van der Waals surface area contributed by atoms with Crippen molar-refractivity contribution in [1.82, 2.24) is 10.6 Å². The van der Waals surface area contributed by atoms with E-state index < -0.39 is 0 Å². The van der Waals surface area contributed by atoms with Crippen LogP contribution in [0.5, 0.6) is 11.5 Å². The average molecular weight is 465 g/mol. The smallest absolute Gasteiger partial charge is 0.191 e. The molecule has 1 rings (SSSR count). The van der Waals surface area contributed by atoms with Gasteiger partial charge in [0, 0.05) is 33.4 Å². The topological polar surface area (TPSA) is 64.1 Å². The number of nitrogens with zero attached hydrogens (tertiary/aromatic N) is 1. The van der Waals surface area contributed by atoms with E-state index in [0.717, 1.165) is 55.6 Å². The van der Waals surface area contributed by atoms with Crippen LogP contribution in [0.3, 0.4) is 0 Å². The Hall–Kier alpha value is -1.22. The van der Waals surface area contributed by atoms with Crippen LogP contribution in [0.4, 0.5) is 0 Å². The van der Waals surface area contributed by atoms with E-state index in [-0.39, 0.29) is 24.0 Å². The second kappa shape index (κ2) is 15.1. The number of aliphatic imine (C=N–C) groups is 1. The predicted octanol–water partition coefficient (Wildman–Crippen LogP) is 3.19. The molecule has 0 bridgehead atoms. The highest BCUT2D eigenvalue weighted by Crippen LogP contribution is 2.27. The summed E-state index contributed by atoms with van der Waals surface area (Å²) in [6.45, 7) is 7.72. The van der Waals surface area contributed by atoms with Crippen LogP contribution in [-0.4, -0.2) is 46.5 Å². The zero-order valence-corrected chi connectivity index (χ0v) is 18.1. The van der Waals surface area contributed by atoms with E-state index in [2.05, 4.69) is 15.6 Å². The molecule has 6 nitrogen and oxygen atoms in total. The van der Waals surface area contributed by atoms with Gasteiger partial charge in [0.2, 0.25) is 0 Å². The summed E-state index contributed by atoms with van der Waals surface area (Å²) in [5, 5.41) is 6.61. The Morgan fingerprint density at radius 2 is 1.88 bits per heavy atom. The van der Waals surface area contributed by atoms with E-state index in [1.54, 1.807) is 14.2 Å². The van der Waals surface area contributed by atoms with Crippen molar-refractivity contribution in [2.75, 3.05) is 40.5 Å². The summed E-state index contributed by atoms with van der Waals surface area (Å²) in [6.07, 6.45) is 2.10. The summed E-state index contributed by atoms with van der Waals surface area (Å²) in [5.41, 5.74) is 1.11. The third-order valence-corrected chi connectivity index (χ3v) is 3.42. The molecule has 1 aromatic carbocycles. The van der Waals surface area contributed by atoms with E-state index in [1.807, 2.05) is 32.0 Å². The molecular formula is C18H32IN3O3. The summed E-state index contributed by atoms with van der Waals surface area (Å²) in [5.74, 6) is 2.30. The summed E-state index contributed by atoms with van der Waals surface area (Å²) in [6, 6.07) is 5.93. The van der Waals surface area contributed by atoms with Gasteiger partial charge in [-0.1, -0.05) is 6.07 Å². The van der Waals surface area contributed by atoms with Gasteiger partial charge >= 0.3 is 0 Å². The molecule has 0 amide bonds. The van der Waals surface area contributed by atoms with Crippen LogP contribution in [-0.2, 0) is 11.3 Å². The van der Waals surface area contributed by atoms with Gasteiger partial charge in [-0.25, -0.2) is 0 Å². The monoisotopic (exact) mass is 465 g/mol. The lowest BCUT2D eigenvalue weighted by Crippen LogP contribution is -2.37. The number of unbranched alkanes of at least 4 members (excludes halogenated alkanes) is 1. The van der Waals surface area contributed by atoms with Crippen molar-refractivity contribution in [3.63, 3.8) is 0 Å². The second-order valence-corrected chi connectivity index (χ2v) is 5.17. The van der Waals surface area contributed by atoms with Crippen LogP contribution >= 0.6 is 24.0 Å². The molecule has 0 aromatic heterocycles. The summed E-state index contributed by atoms with van der Waals surface area (Å²) in [7, 11) is 3.42. The first-order valence-electron chi connectivity index (χ1n) is 8.57. The van der Waals surface area contributed by atoms with E-state index in [4.69, 9.17) is 14.2 Å². The first-order chi connectivity index (χ1) is 11.7. The summed E-state index contributed by atoms with van der Waals surface area (Å²) in [4.78, 5) is 4.24. The maximum atomic E-state index is 5.60.